The third-order valence-electron chi connectivity index (χ3n) is 1.65. The molecule has 0 aromatic rings. The molecule has 0 saturated heterocycles. The van der Waals surface area contributed by atoms with Crippen LogP contribution in [0.25, 0.3) is 0 Å². The third-order valence-corrected chi connectivity index (χ3v) is 5.21. The maximum atomic E-state index is 5.73. The van der Waals surface area contributed by atoms with Gasteiger partial charge in [-0.3, -0.25) is 5.73 Å². The number of rotatable bonds is 8. The Morgan fingerprint density at radius 3 is 1.93 bits per heavy atom. The van der Waals surface area contributed by atoms with Crippen molar-refractivity contribution in [1.82, 2.24) is 0 Å². The van der Waals surface area contributed by atoms with Crippen LogP contribution in [-0.2, 0) is 13.3 Å². The highest BCUT2D eigenvalue weighted by molar-refractivity contribution is 7.81. The molecule has 0 aliphatic heterocycles. The van der Waals surface area contributed by atoms with Gasteiger partial charge < -0.3 is 13.3 Å². The second-order valence-electron chi connectivity index (χ2n) is 3.46. The van der Waals surface area contributed by atoms with Crippen LogP contribution in [0.5, 0.6) is 0 Å². The molecule has 0 heterocycles. The Labute approximate surface area is 99.2 Å². The van der Waals surface area contributed by atoms with Crippen LogP contribution in [0.3, 0.4) is 0 Å². The summed E-state index contributed by atoms with van der Waals surface area (Å²) in [6, 6.07) is 0.766. The molecule has 6 heteroatoms. The zero-order valence-corrected chi connectivity index (χ0v) is 12.0. The molecule has 0 aliphatic carbocycles. The van der Waals surface area contributed by atoms with Crippen molar-refractivity contribution >= 4 is 21.4 Å². The molecule has 0 fully saturated rings. The summed E-state index contributed by atoms with van der Waals surface area (Å²) in [6.45, 7) is 8.73. The van der Waals surface area contributed by atoms with E-state index in [4.69, 9.17) is 19.0 Å². The zero-order chi connectivity index (χ0) is 11.9. The van der Waals surface area contributed by atoms with Crippen LogP contribution in [0.15, 0.2) is 0 Å². The van der Waals surface area contributed by atoms with E-state index in [2.05, 4.69) is 19.6 Å². The number of nitrogens with two attached hydrogens (primary N) is 1. The van der Waals surface area contributed by atoms with Gasteiger partial charge in [0.05, 0.1) is 0 Å². The summed E-state index contributed by atoms with van der Waals surface area (Å²) in [4.78, 5) is 0. The Morgan fingerprint density at radius 2 is 1.67 bits per heavy atom. The average molecular weight is 253 g/mol. The van der Waals surface area contributed by atoms with E-state index in [0.29, 0.717) is 13.2 Å². The lowest BCUT2D eigenvalue weighted by Crippen LogP contribution is -2.53. The summed E-state index contributed by atoms with van der Waals surface area (Å²) in [6.07, 6.45) is 0.941. The fourth-order valence-electron chi connectivity index (χ4n) is 1.36. The first-order chi connectivity index (χ1) is 6.89. The first-order valence-electron chi connectivity index (χ1n) is 5.38. The first kappa shape index (κ1) is 15.4. The minimum Gasteiger partial charge on any atom is -0.374 e. The summed E-state index contributed by atoms with van der Waals surface area (Å²) in [5, 5.41) is -1.01. The standard InChI is InChI=1S/C9H23NO3SSi/c1-5-8-15(11-6-2,12-7-3)13-9(4,10)14/h14H,5-8,10H2,1-4H3. The summed E-state index contributed by atoms with van der Waals surface area (Å²) >= 11 is 4.16. The molecule has 4 nitrogen and oxygen atoms in total. The predicted octanol–water partition coefficient (Wildman–Crippen LogP) is 1.99. The lowest BCUT2D eigenvalue weighted by Gasteiger charge is -2.34. The molecule has 0 aromatic heterocycles. The Hall–Kier alpha value is 0.407. The highest BCUT2D eigenvalue weighted by Crippen LogP contribution is 2.24. The maximum absolute atomic E-state index is 5.73. The quantitative estimate of drug-likeness (QED) is 0.395. The molecule has 0 bridgehead atoms. The normalized spacial score (nSPS) is 16.4. The van der Waals surface area contributed by atoms with Gasteiger partial charge in [0.2, 0.25) is 0 Å². The summed E-state index contributed by atoms with van der Waals surface area (Å²) in [7, 11) is -2.63. The molecular weight excluding hydrogens is 230 g/mol. The molecule has 0 radical (unpaired) electrons. The number of hydrogen-bond acceptors (Lipinski definition) is 5. The van der Waals surface area contributed by atoms with Crippen molar-refractivity contribution in [2.24, 2.45) is 5.73 Å². The highest BCUT2D eigenvalue weighted by Gasteiger charge is 2.43. The molecule has 1 unspecified atom stereocenters. The van der Waals surface area contributed by atoms with Crippen LogP contribution >= 0.6 is 12.6 Å². The Bertz CT molecular complexity index is 158. The van der Waals surface area contributed by atoms with E-state index in [0.717, 1.165) is 12.5 Å². The lowest BCUT2D eigenvalue weighted by molar-refractivity contribution is 0.0276. The lowest BCUT2D eigenvalue weighted by atomic mass is 10.6. The van der Waals surface area contributed by atoms with Crippen molar-refractivity contribution in [1.29, 1.82) is 0 Å². The SMILES string of the molecule is CCC[Si](OCC)(OCC)OC(C)(N)S. The number of thiol groups is 1. The van der Waals surface area contributed by atoms with Crippen molar-refractivity contribution < 1.29 is 13.3 Å². The van der Waals surface area contributed by atoms with E-state index in [-0.39, 0.29) is 0 Å². The smallest absolute Gasteiger partial charge is 0.374 e. The van der Waals surface area contributed by atoms with Gasteiger partial charge in [-0.15, -0.1) is 12.6 Å². The topological polar surface area (TPSA) is 53.7 Å². The first-order valence-corrected chi connectivity index (χ1v) is 7.76. The van der Waals surface area contributed by atoms with Crippen LogP contribution in [0.2, 0.25) is 6.04 Å². The molecule has 0 saturated carbocycles. The summed E-state index contributed by atoms with van der Waals surface area (Å²) in [5.74, 6) is 0. The molecule has 0 rings (SSSR count). The van der Waals surface area contributed by atoms with Gasteiger partial charge in [0.1, 0.15) is 0 Å². The molecule has 0 aromatic carbocycles. The van der Waals surface area contributed by atoms with E-state index in [1.165, 1.54) is 0 Å². The van der Waals surface area contributed by atoms with Crippen molar-refractivity contribution in [3.8, 4) is 0 Å². The number of hydrogen-bond donors (Lipinski definition) is 2. The van der Waals surface area contributed by atoms with E-state index < -0.39 is 13.9 Å². The maximum Gasteiger partial charge on any atom is 0.502 e. The Morgan fingerprint density at radius 1 is 1.20 bits per heavy atom. The van der Waals surface area contributed by atoms with Crippen molar-refractivity contribution in [3.63, 3.8) is 0 Å². The molecular formula is C9H23NO3SSi. The molecule has 2 N–H and O–H groups in total. The van der Waals surface area contributed by atoms with E-state index in [1.54, 1.807) is 6.92 Å². The Balaban J connectivity index is 4.60. The zero-order valence-electron chi connectivity index (χ0n) is 10.1. The van der Waals surface area contributed by atoms with Gasteiger partial charge in [0.25, 0.3) is 0 Å². The van der Waals surface area contributed by atoms with Gasteiger partial charge in [-0.2, -0.15) is 0 Å². The van der Waals surface area contributed by atoms with Crippen molar-refractivity contribution in [2.75, 3.05) is 13.2 Å². The van der Waals surface area contributed by atoms with Crippen LogP contribution in [0, 0.1) is 0 Å². The van der Waals surface area contributed by atoms with Crippen molar-refractivity contribution in [2.45, 2.75) is 45.2 Å². The van der Waals surface area contributed by atoms with Gasteiger partial charge in [0.15, 0.2) is 5.06 Å². The van der Waals surface area contributed by atoms with Crippen LogP contribution in [0.4, 0.5) is 0 Å². The van der Waals surface area contributed by atoms with Crippen LogP contribution in [0.1, 0.15) is 34.1 Å². The van der Waals surface area contributed by atoms with Crippen LogP contribution in [-0.4, -0.2) is 27.1 Å². The third kappa shape index (κ3) is 6.55. The minimum atomic E-state index is -2.63. The molecule has 0 aliphatic rings. The summed E-state index contributed by atoms with van der Waals surface area (Å²) < 4.78 is 17.0. The molecule has 0 amide bonds. The monoisotopic (exact) mass is 253 g/mol. The van der Waals surface area contributed by atoms with Crippen LogP contribution < -0.4 is 5.73 Å². The predicted molar refractivity (Wildman–Crippen MR) is 66.8 cm³/mol. The second-order valence-corrected chi connectivity index (χ2v) is 6.99. The highest BCUT2D eigenvalue weighted by atomic mass is 32.1. The van der Waals surface area contributed by atoms with E-state index in [1.807, 2.05) is 13.8 Å². The molecule has 92 valence electrons. The largest absolute Gasteiger partial charge is 0.502 e. The molecule has 15 heavy (non-hydrogen) atoms. The second kappa shape index (κ2) is 6.88. The van der Waals surface area contributed by atoms with Gasteiger partial charge in [-0.25, -0.2) is 0 Å². The van der Waals surface area contributed by atoms with Gasteiger partial charge >= 0.3 is 8.80 Å². The van der Waals surface area contributed by atoms with Gasteiger partial charge in [-0.05, 0) is 20.8 Å². The van der Waals surface area contributed by atoms with Gasteiger partial charge in [0, 0.05) is 19.3 Å². The van der Waals surface area contributed by atoms with E-state index in [9.17, 15) is 0 Å². The molecule has 0 spiro atoms. The minimum absolute atomic E-state index is 0.566. The Kier molecular flexibility index (Phi) is 7.06. The van der Waals surface area contributed by atoms with E-state index >= 15 is 0 Å². The average Bonchev–Trinajstić information content (AvgIpc) is 2.01. The van der Waals surface area contributed by atoms with Crippen molar-refractivity contribution in [3.05, 3.63) is 0 Å². The summed E-state index contributed by atoms with van der Waals surface area (Å²) in [5.41, 5.74) is 5.73. The fraction of sp³-hybridized carbons (Fsp3) is 1.00. The fourth-order valence-corrected chi connectivity index (χ4v) is 4.49. The molecule has 1 atom stereocenters. The van der Waals surface area contributed by atoms with Gasteiger partial charge in [-0.1, -0.05) is 13.3 Å².